The molecule has 0 aromatic heterocycles. The summed E-state index contributed by atoms with van der Waals surface area (Å²) in [4.78, 5) is 2.31. The van der Waals surface area contributed by atoms with Crippen LogP contribution in [0.4, 0.5) is 0 Å². The predicted molar refractivity (Wildman–Crippen MR) is 58.1 cm³/mol. The fraction of sp³-hybridized carbons (Fsp3) is 0.800. The Kier molecular flexibility index (Phi) is 6.63. The zero-order valence-electron chi connectivity index (χ0n) is 9.21. The molecule has 0 aromatic carbocycles. The Balaban J connectivity index is 0.000000671. The fourth-order valence-corrected chi connectivity index (χ4v) is 1.26. The average Bonchev–Trinajstić information content (AvgIpc) is 2.21. The van der Waals surface area contributed by atoms with Crippen LogP contribution in [0, 0.1) is 0 Å². The first-order valence-corrected chi connectivity index (χ1v) is 5.16. The molecule has 0 amide bonds. The second-order valence-corrected chi connectivity index (χ2v) is 2.94. The monoisotopic (exact) mass is 185 g/mol. The summed E-state index contributed by atoms with van der Waals surface area (Å²) in [6.07, 6.45) is 1.05. The Morgan fingerprint density at radius 1 is 1.23 bits per heavy atom. The van der Waals surface area contributed by atoms with Crippen LogP contribution < -0.4 is 5.84 Å². The van der Waals surface area contributed by atoms with Crippen molar-refractivity contribution in [2.75, 3.05) is 26.2 Å². The molecule has 1 fully saturated rings. The van der Waals surface area contributed by atoms with E-state index in [1.165, 1.54) is 5.70 Å². The molecule has 1 rings (SSSR count). The summed E-state index contributed by atoms with van der Waals surface area (Å²) in [5, 5.41) is 1.86. The zero-order valence-corrected chi connectivity index (χ0v) is 9.21. The molecule has 0 saturated carbocycles. The van der Waals surface area contributed by atoms with Gasteiger partial charge in [0.25, 0.3) is 0 Å². The number of piperazine rings is 1. The van der Waals surface area contributed by atoms with Crippen molar-refractivity contribution in [1.82, 2.24) is 9.91 Å². The number of allylic oxidation sites excluding steroid dienone is 1. The van der Waals surface area contributed by atoms with Gasteiger partial charge in [0.05, 0.1) is 0 Å². The van der Waals surface area contributed by atoms with Crippen molar-refractivity contribution in [1.29, 1.82) is 0 Å². The van der Waals surface area contributed by atoms with Crippen molar-refractivity contribution >= 4 is 0 Å². The Morgan fingerprint density at radius 3 is 2.08 bits per heavy atom. The maximum absolute atomic E-state index is 5.62. The van der Waals surface area contributed by atoms with Gasteiger partial charge < -0.3 is 4.90 Å². The van der Waals surface area contributed by atoms with Gasteiger partial charge in [0, 0.05) is 31.9 Å². The van der Waals surface area contributed by atoms with E-state index in [1.54, 1.807) is 0 Å². The van der Waals surface area contributed by atoms with Gasteiger partial charge in [0.1, 0.15) is 0 Å². The Hall–Kier alpha value is -0.540. The first kappa shape index (κ1) is 12.5. The van der Waals surface area contributed by atoms with Crippen molar-refractivity contribution in [2.24, 2.45) is 5.84 Å². The average molecular weight is 185 g/mol. The molecule has 1 saturated heterocycles. The summed E-state index contributed by atoms with van der Waals surface area (Å²) in [5.74, 6) is 5.62. The number of nitrogens with two attached hydrogens (primary N) is 1. The molecular weight excluding hydrogens is 162 g/mol. The summed E-state index contributed by atoms with van der Waals surface area (Å²) in [6.45, 7) is 14.1. The van der Waals surface area contributed by atoms with Gasteiger partial charge in [-0.15, -0.1) is 0 Å². The molecule has 78 valence electrons. The highest BCUT2D eigenvalue weighted by Gasteiger charge is 2.13. The number of hydrazine groups is 1. The maximum Gasteiger partial charge on any atom is 0.0317 e. The predicted octanol–water partition coefficient (Wildman–Crippen LogP) is 1.43. The normalized spacial score (nSPS) is 17.7. The van der Waals surface area contributed by atoms with Gasteiger partial charge in [0.15, 0.2) is 0 Å². The van der Waals surface area contributed by atoms with Gasteiger partial charge in [-0.2, -0.15) is 0 Å². The van der Waals surface area contributed by atoms with E-state index in [-0.39, 0.29) is 0 Å². The summed E-state index contributed by atoms with van der Waals surface area (Å²) >= 11 is 0. The lowest BCUT2D eigenvalue weighted by Crippen LogP contribution is -2.48. The summed E-state index contributed by atoms with van der Waals surface area (Å²) in [7, 11) is 0. The van der Waals surface area contributed by atoms with Crippen LogP contribution >= 0.6 is 0 Å². The van der Waals surface area contributed by atoms with Gasteiger partial charge in [-0.1, -0.05) is 27.4 Å². The first-order chi connectivity index (χ1) is 6.24. The minimum Gasteiger partial charge on any atom is -0.373 e. The van der Waals surface area contributed by atoms with E-state index in [0.29, 0.717) is 0 Å². The lowest BCUT2D eigenvalue weighted by molar-refractivity contribution is 0.159. The second-order valence-electron chi connectivity index (χ2n) is 2.94. The van der Waals surface area contributed by atoms with Gasteiger partial charge in [0.2, 0.25) is 0 Å². The quantitative estimate of drug-likeness (QED) is 0.661. The highest BCUT2D eigenvalue weighted by molar-refractivity contribution is 4.94. The van der Waals surface area contributed by atoms with E-state index in [2.05, 4.69) is 18.4 Å². The number of rotatable bonds is 2. The maximum atomic E-state index is 5.62. The SMILES string of the molecule is C=C(CC)N1CCN(N)CC1.CC. The number of hydrogen-bond acceptors (Lipinski definition) is 3. The van der Waals surface area contributed by atoms with Crippen molar-refractivity contribution in [3.8, 4) is 0 Å². The van der Waals surface area contributed by atoms with E-state index in [4.69, 9.17) is 5.84 Å². The third-order valence-corrected chi connectivity index (χ3v) is 2.17. The van der Waals surface area contributed by atoms with E-state index in [0.717, 1.165) is 32.6 Å². The molecule has 0 unspecified atom stereocenters. The van der Waals surface area contributed by atoms with Crippen molar-refractivity contribution in [3.05, 3.63) is 12.3 Å². The smallest absolute Gasteiger partial charge is 0.0317 e. The van der Waals surface area contributed by atoms with Crippen molar-refractivity contribution < 1.29 is 0 Å². The minimum atomic E-state index is 0.957. The molecule has 2 N–H and O–H groups in total. The van der Waals surface area contributed by atoms with E-state index >= 15 is 0 Å². The van der Waals surface area contributed by atoms with Crippen LogP contribution in [0.2, 0.25) is 0 Å². The highest BCUT2D eigenvalue weighted by atomic mass is 15.4. The third kappa shape index (κ3) is 4.29. The molecule has 3 nitrogen and oxygen atoms in total. The van der Waals surface area contributed by atoms with Gasteiger partial charge in [-0.05, 0) is 6.42 Å². The van der Waals surface area contributed by atoms with Crippen LogP contribution in [-0.4, -0.2) is 36.1 Å². The van der Waals surface area contributed by atoms with Crippen molar-refractivity contribution in [2.45, 2.75) is 27.2 Å². The molecule has 1 heterocycles. The summed E-state index contributed by atoms with van der Waals surface area (Å²) in [5.41, 5.74) is 1.23. The van der Waals surface area contributed by atoms with Gasteiger partial charge >= 0.3 is 0 Å². The van der Waals surface area contributed by atoms with Crippen molar-refractivity contribution in [3.63, 3.8) is 0 Å². The molecule has 0 spiro atoms. The standard InChI is InChI=1S/C8H17N3.C2H6/c1-3-8(2)10-4-6-11(9)7-5-10;1-2/h2-7,9H2,1H3;1-2H3. The van der Waals surface area contributed by atoms with Crippen LogP contribution in [0.3, 0.4) is 0 Å². The molecule has 1 aliphatic heterocycles. The number of hydrogen-bond donors (Lipinski definition) is 1. The van der Waals surface area contributed by atoms with E-state index in [1.807, 2.05) is 18.9 Å². The molecule has 0 atom stereocenters. The molecule has 3 heteroatoms. The highest BCUT2D eigenvalue weighted by Crippen LogP contribution is 2.08. The molecule has 0 aromatic rings. The number of nitrogens with zero attached hydrogens (tertiary/aromatic N) is 2. The molecule has 13 heavy (non-hydrogen) atoms. The minimum absolute atomic E-state index is 0.957. The van der Waals surface area contributed by atoms with Gasteiger partial charge in [-0.25, -0.2) is 5.01 Å². The van der Waals surface area contributed by atoms with Gasteiger partial charge in [-0.3, -0.25) is 5.84 Å². The molecular formula is C10H23N3. The van der Waals surface area contributed by atoms with Crippen LogP contribution in [0.1, 0.15) is 27.2 Å². The Morgan fingerprint density at radius 2 is 1.69 bits per heavy atom. The topological polar surface area (TPSA) is 32.5 Å². The molecule has 0 aliphatic carbocycles. The summed E-state index contributed by atoms with van der Waals surface area (Å²) < 4.78 is 0. The molecule has 0 radical (unpaired) electrons. The molecule has 0 bridgehead atoms. The third-order valence-electron chi connectivity index (χ3n) is 2.17. The fourth-order valence-electron chi connectivity index (χ4n) is 1.26. The van der Waals surface area contributed by atoms with Crippen LogP contribution in [0.25, 0.3) is 0 Å². The van der Waals surface area contributed by atoms with Crippen LogP contribution in [-0.2, 0) is 0 Å². The second kappa shape index (κ2) is 6.92. The first-order valence-electron chi connectivity index (χ1n) is 5.16. The van der Waals surface area contributed by atoms with E-state index in [9.17, 15) is 0 Å². The summed E-state index contributed by atoms with van der Waals surface area (Å²) in [6, 6.07) is 0. The lowest BCUT2D eigenvalue weighted by Gasteiger charge is -2.34. The molecule has 1 aliphatic rings. The zero-order chi connectivity index (χ0) is 10.3. The Bertz CT molecular complexity index is 137. The van der Waals surface area contributed by atoms with Crippen LogP contribution in [0.5, 0.6) is 0 Å². The largest absolute Gasteiger partial charge is 0.373 e. The van der Waals surface area contributed by atoms with Crippen LogP contribution in [0.15, 0.2) is 12.3 Å². The Labute approximate surface area is 82.2 Å². The van der Waals surface area contributed by atoms with E-state index < -0.39 is 0 Å². The lowest BCUT2D eigenvalue weighted by atomic mass is 10.3.